The number of nitrogens with one attached hydrogen (secondary N) is 1. The van der Waals surface area contributed by atoms with Gasteiger partial charge in [-0.05, 0) is 36.2 Å². The number of hydrogen-bond donors (Lipinski definition) is 1. The first kappa shape index (κ1) is 18.1. The van der Waals surface area contributed by atoms with Gasteiger partial charge in [0.1, 0.15) is 11.6 Å². The number of nitrogens with zero attached hydrogens (tertiary/aromatic N) is 3. The Morgan fingerprint density at radius 3 is 2.67 bits per heavy atom. The number of pyridine rings is 1. The van der Waals surface area contributed by atoms with Gasteiger partial charge in [0.05, 0.1) is 28.7 Å². The highest BCUT2D eigenvalue weighted by Crippen LogP contribution is 2.25. The van der Waals surface area contributed by atoms with E-state index in [1.165, 1.54) is 12.1 Å². The van der Waals surface area contributed by atoms with E-state index in [0.29, 0.717) is 35.4 Å². The van der Waals surface area contributed by atoms with Crippen molar-refractivity contribution in [3.63, 3.8) is 0 Å². The van der Waals surface area contributed by atoms with Crippen LogP contribution in [-0.2, 0) is 6.54 Å². The molecule has 3 rings (SSSR count). The van der Waals surface area contributed by atoms with Gasteiger partial charge in [0, 0.05) is 24.1 Å². The number of fused-ring (bicyclic) bond motifs is 1. The minimum Gasteiger partial charge on any atom is -0.494 e. The smallest absolute Gasteiger partial charge is 0.270 e. The molecular weight excluding hydrogens is 344 g/mol. The summed E-state index contributed by atoms with van der Waals surface area (Å²) in [5.74, 6) is 1.37. The summed E-state index contributed by atoms with van der Waals surface area (Å²) in [5.41, 5.74) is 1.86. The van der Waals surface area contributed by atoms with Gasteiger partial charge in [-0.15, -0.1) is 0 Å². The second kappa shape index (κ2) is 8.15. The molecule has 0 saturated carbocycles. The minimum atomic E-state index is -0.485. The Labute approximate surface area is 156 Å². The largest absolute Gasteiger partial charge is 0.494 e. The van der Waals surface area contributed by atoms with Crippen LogP contribution in [0.1, 0.15) is 24.5 Å². The highest BCUT2D eigenvalue weighted by Gasteiger charge is 2.11. The van der Waals surface area contributed by atoms with Gasteiger partial charge in [-0.2, -0.15) is 5.26 Å². The zero-order valence-electron chi connectivity index (χ0n) is 14.8. The molecule has 7 heteroatoms. The fourth-order valence-corrected chi connectivity index (χ4v) is 2.63. The predicted molar refractivity (Wildman–Crippen MR) is 103 cm³/mol. The third-order valence-electron chi connectivity index (χ3n) is 3.99. The van der Waals surface area contributed by atoms with E-state index in [0.717, 1.165) is 17.7 Å². The van der Waals surface area contributed by atoms with Crippen molar-refractivity contribution in [1.29, 1.82) is 5.26 Å². The third kappa shape index (κ3) is 4.30. The number of hydrogen-bond acceptors (Lipinski definition) is 6. The summed E-state index contributed by atoms with van der Waals surface area (Å²) in [6.45, 7) is 3.28. The number of non-ortho nitro benzene ring substituents is 1. The molecule has 1 aromatic heterocycles. The standard InChI is InChI=1S/C20H18N4O3/c1-2-9-27-17-6-3-14(4-7-17)13-22-20-10-15(12-21)18-11-16(24(25)26)5-8-19(18)23-20/h3-8,10-11H,2,9,13H2,1H3,(H,22,23). The Hall–Kier alpha value is -3.66. The number of aromatic nitrogens is 1. The maximum absolute atomic E-state index is 10.9. The second-order valence-corrected chi connectivity index (χ2v) is 5.97. The van der Waals surface area contributed by atoms with E-state index in [9.17, 15) is 15.4 Å². The van der Waals surface area contributed by atoms with E-state index < -0.39 is 4.92 Å². The maximum atomic E-state index is 10.9. The molecule has 136 valence electrons. The topological polar surface area (TPSA) is 101 Å². The molecule has 7 nitrogen and oxygen atoms in total. The third-order valence-corrected chi connectivity index (χ3v) is 3.99. The molecule has 3 aromatic rings. The summed E-state index contributed by atoms with van der Waals surface area (Å²) in [6.07, 6.45) is 0.960. The van der Waals surface area contributed by atoms with Crippen molar-refractivity contribution in [1.82, 2.24) is 4.98 Å². The molecule has 0 fully saturated rings. The molecule has 0 amide bonds. The van der Waals surface area contributed by atoms with Crippen LogP contribution in [0.4, 0.5) is 11.5 Å². The lowest BCUT2D eigenvalue weighted by molar-refractivity contribution is -0.384. The van der Waals surface area contributed by atoms with Crippen LogP contribution in [0.25, 0.3) is 10.9 Å². The van der Waals surface area contributed by atoms with Crippen molar-refractivity contribution < 1.29 is 9.66 Å². The van der Waals surface area contributed by atoms with Crippen LogP contribution in [0.15, 0.2) is 48.5 Å². The molecule has 2 aromatic carbocycles. The van der Waals surface area contributed by atoms with Crippen molar-refractivity contribution in [3.8, 4) is 11.8 Å². The molecule has 0 aliphatic carbocycles. The van der Waals surface area contributed by atoms with E-state index >= 15 is 0 Å². The highest BCUT2D eigenvalue weighted by molar-refractivity contribution is 5.88. The van der Waals surface area contributed by atoms with Crippen LogP contribution < -0.4 is 10.1 Å². The molecule has 0 unspecified atom stereocenters. The number of nitro benzene ring substituents is 1. The molecule has 0 bridgehead atoms. The normalized spacial score (nSPS) is 10.4. The quantitative estimate of drug-likeness (QED) is 0.493. The highest BCUT2D eigenvalue weighted by atomic mass is 16.6. The lowest BCUT2D eigenvalue weighted by atomic mass is 10.1. The fourth-order valence-electron chi connectivity index (χ4n) is 2.63. The lowest BCUT2D eigenvalue weighted by Crippen LogP contribution is -2.03. The number of nitriles is 1. The fraction of sp³-hybridized carbons (Fsp3) is 0.200. The number of ether oxygens (including phenoxy) is 1. The molecule has 1 heterocycles. The summed E-state index contributed by atoms with van der Waals surface area (Å²) in [6, 6.07) is 15.8. The first-order valence-electron chi connectivity index (χ1n) is 8.55. The Bertz CT molecular complexity index is 1010. The Morgan fingerprint density at radius 2 is 2.00 bits per heavy atom. The van der Waals surface area contributed by atoms with Crippen molar-refractivity contribution in [2.75, 3.05) is 11.9 Å². The van der Waals surface area contributed by atoms with E-state index in [1.54, 1.807) is 12.1 Å². The summed E-state index contributed by atoms with van der Waals surface area (Å²) in [4.78, 5) is 14.9. The monoisotopic (exact) mass is 362 g/mol. The van der Waals surface area contributed by atoms with Gasteiger partial charge in [-0.25, -0.2) is 4.98 Å². The number of anilines is 1. The average molecular weight is 362 g/mol. The maximum Gasteiger partial charge on any atom is 0.270 e. The van der Waals surface area contributed by atoms with Crippen LogP contribution in [-0.4, -0.2) is 16.5 Å². The second-order valence-electron chi connectivity index (χ2n) is 5.97. The summed E-state index contributed by atoms with van der Waals surface area (Å²) < 4.78 is 5.56. The van der Waals surface area contributed by atoms with E-state index in [4.69, 9.17) is 4.74 Å². The van der Waals surface area contributed by atoms with Crippen LogP contribution in [0.3, 0.4) is 0 Å². The van der Waals surface area contributed by atoms with Gasteiger partial charge in [-0.1, -0.05) is 19.1 Å². The predicted octanol–water partition coefficient (Wildman–Crippen LogP) is 4.42. The Kier molecular flexibility index (Phi) is 5.47. The van der Waals surface area contributed by atoms with Gasteiger partial charge >= 0.3 is 0 Å². The summed E-state index contributed by atoms with van der Waals surface area (Å²) in [5, 5.41) is 24.0. The Morgan fingerprint density at radius 1 is 1.22 bits per heavy atom. The SMILES string of the molecule is CCCOc1ccc(CNc2cc(C#N)c3cc([N+](=O)[O-])ccc3n2)cc1. The van der Waals surface area contributed by atoms with E-state index in [-0.39, 0.29) is 5.69 Å². The van der Waals surface area contributed by atoms with Gasteiger partial charge in [0.2, 0.25) is 0 Å². The first-order chi connectivity index (χ1) is 13.1. The van der Waals surface area contributed by atoms with Gasteiger partial charge in [-0.3, -0.25) is 10.1 Å². The number of rotatable bonds is 7. The van der Waals surface area contributed by atoms with Crippen molar-refractivity contribution >= 4 is 22.4 Å². The van der Waals surface area contributed by atoms with Crippen molar-refractivity contribution in [2.24, 2.45) is 0 Å². The zero-order chi connectivity index (χ0) is 19.2. The first-order valence-corrected chi connectivity index (χ1v) is 8.55. The Balaban J connectivity index is 1.78. The molecule has 0 radical (unpaired) electrons. The summed E-state index contributed by atoms with van der Waals surface area (Å²) >= 11 is 0. The molecule has 0 saturated heterocycles. The van der Waals surface area contributed by atoms with Crippen LogP contribution >= 0.6 is 0 Å². The average Bonchev–Trinajstić information content (AvgIpc) is 2.70. The van der Waals surface area contributed by atoms with E-state index in [1.807, 2.05) is 24.3 Å². The van der Waals surface area contributed by atoms with E-state index in [2.05, 4.69) is 23.3 Å². The minimum absolute atomic E-state index is 0.0631. The van der Waals surface area contributed by atoms with Crippen LogP contribution in [0.2, 0.25) is 0 Å². The molecule has 0 aliphatic rings. The molecular formula is C20H18N4O3. The molecule has 0 spiro atoms. The lowest BCUT2D eigenvalue weighted by Gasteiger charge is -2.09. The molecule has 1 N–H and O–H groups in total. The van der Waals surface area contributed by atoms with Crippen molar-refractivity contribution in [2.45, 2.75) is 19.9 Å². The molecule has 0 atom stereocenters. The van der Waals surface area contributed by atoms with Gasteiger partial charge < -0.3 is 10.1 Å². The summed E-state index contributed by atoms with van der Waals surface area (Å²) in [7, 11) is 0. The van der Waals surface area contributed by atoms with Crippen LogP contribution in [0.5, 0.6) is 5.75 Å². The van der Waals surface area contributed by atoms with Gasteiger partial charge in [0.25, 0.3) is 5.69 Å². The van der Waals surface area contributed by atoms with Crippen LogP contribution in [0, 0.1) is 21.4 Å². The molecule has 27 heavy (non-hydrogen) atoms. The van der Waals surface area contributed by atoms with Crippen molar-refractivity contribution in [3.05, 3.63) is 69.8 Å². The number of nitro groups is 1. The van der Waals surface area contributed by atoms with Gasteiger partial charge in [0.15, 0.2) is 0 Å². The number of benzene rings is 2. The molecule has 0 aliphatic heterocycles. The zero-order valence-corrected chi connectivity index (χ0v) is 14.8.